The van der Waals surface area contributed by atoms with E-state index in [0.29, 0.717) is 30.0 Å². The quantitative estimate of drug-likeness (QED) is 0.727. The van der Waals surface area contributed by atoms with Gasteiger partial charge in [0.2, 0.25) is 0 Å². The number of ether oxygens (including phenoxy) is 1. The van der Waals surface area contributed by atoms with Crippen molar-refractivity contribution in [1.82, 2.24) is 0 Å². The minimum absolute atomic E-state index is 0.176. The summed E-state index contributed by atoms with van der Waals surface area (Å²) in [5.41, 5.74) is 0.286. The average molecular weight is 296 g/mol. The van der Waals surface area contributed by atoms with Crippen LogP contribution < -0.4 is 0 Å². The van der Waals surface area contributed by atoms with E-state index in [1.54, 1.807) is 0 Å². The van der Waals surface area contributed by atoms with Gasteiger partial charge in [0.25, 0.3) is 0 Å². The van der Waals surface area contributed by atoms with Crippen molar-refractivity contribution in [1.29, 1.82) is 0 Å². The summed E-state index contributed by atoms with van der Waals surface area (Å²) in [4.78, 5) is 12.4. The van der Waals surface area contributed by atoms with Gasteiger partial charge in [-0.15, -0.1) is 0 Å². The summed E-state index contributed by atoms with van der Waals surface area (Å²) < 4.78 is 12.9. The first-order chi connectivity index (χ1) is 9.51. The number of Topliss-reactive ketones (excluding diaryl/α,β-unsaturated/α-hetero) is 1. The second kappa shape index (κ2) is 5.22. The maximum absolute atomic E-state index is 12.4. The smallest absolute Gasteiger partial charge is 0.196 e. The lowest BCUT2D eigenvalue weighted by atomic mass is 9.85. The molecule has 0 aromatic heterocycles. The van der Waals surface area contributed by atoms with Gasteiger partial charge in [0, 0.05) is 25.7 Å². The summed E-state index contributed by atoms with van der Waals surface area (Å²) in [7, 11) is -1.79. The first kappa shape index (κ1) is 14.7. The molecule has 114 valence electrons. The molecule has 3 aliphatic heterocycles. The van der Waals surface area contributed by atoms with Crippen molar-refractivity contribution < 1.29 is 14.0 Å². The Hall–Kier alpha value is -0.193. The van der Waals surface area contributed by atoms with Gasteiger partial charge in [-0.05, 0) is 30.5 Å². The van der Waals surface area contributed by atoms with Crippen LogP contribution in [-0.2, 0) is 14.0 Å². The van der Waals surface area contributed by atoms with Crippen molar-refractivity contribution in [3.8, 4) is 0 Å². The van der Waals surface area contributed by atoms with Gasteiger partial charge in [0.15, 0.2) is 8.32 Å². The van der Waals surface area contributed by atoms with Gasteiger partial charge in [-0.3, -0.25) is 4.79 Å². The Balaban J connectivity index is 1.92. The van der Waals surface area contributed by atoms with Gasteiger partial charge in [-0.1, -0.05) is 20.8 Å². The fourth-order valence-electron chi connectivity index (χ4n) is 4.84. The largest absolute Gasteiger partial charge is 0.410 e. The summed E-state index contributed by atoms with van der Waals surface area (Å²) in [5, 5.41) is 0. The molecule has 0 radical (unpaired) electrons. The summed E-state index contributed by atoms with van der Waals surface area (Å²) >= 11 is 0. The Bertz CT molecular complexity index is 379. The monoisotopic (exact) mass is 296 g/mol. The van der Waals surface area contributed by atoms with Crippen molar-refractivity contribution in [2.45, 2.75) is 94.7 Å². The Labute approximate surface area is 123 Å². The van der Waals surface area contributed by atoms with Crippen LogP contribution in [0.5, 0.6) is 0 Å². The highest BCUT2D eigenvalue weighted by Gasteiger charge is 2.54. The standard InChI is InChI=1S/C16H28O3Si/c1-4-20(5-2)12(3)8-13(17)9-16(19-20)10-14-6-7-15(11-16)18-14/h12,14-15H,4-11H2,1-3H3/t12?,14-,15+,16?. The van der Waals surface area contributed by atoms with E-state index in [-0.39, 0.29) is 5.60 Å². The van der Waals surface area contributed by atoms with Crippen LogP contribution in [0.1, 0.15) is 59.3 Å². The first-order valence-corrected chi connectivity index (χ1v) is 10.8. The van der Waals surface area contributed by atoms with Gasteiger partial charge >= 0.3 is 0 Å². The summed E-state index contributed by atoms with van der Waals surface area (Å²) in [6.07, 6.45) is 6.30. The number of ketones is 1. The zero-order valence-electron chi connectivity index (χ0n) is 13.1. The lowest BCUT2D eigenvalue weighted by Crippen LogP contribution is -2.52. The number of carbonyl (C=O) groups excluding carboxylic acids is 1. The number of rotatable bonds is 2. The van der Waals surface area contributed by atoms with Gasteiger partial charge in [-0.25, -0.2) is 0 Å². The van der Waals surface area contributed by atoms with Gasteiger partial charge in [-0.2, -0.15) is 0 Å². The normalized spacial score (nSPS) is 43.8. The van der Waals surface area contributed by atoms with Crippen LogP contribution >= 0.6 is 0 Å². The molecule has 1 spiro atoms. The topological polar surface area (TPSA) is 35.5 Å². The van der Waals surface area contributed by atoms with Crippen LogP contribution in [0.4, 0.5) is 0 Å². The van der Waals surface area contributed by atoms with Crippen LogP contribution in [0.25, 0.3) is 0 Å². The lowest BCUT2D eigenvalue weighted by Gasteiger charge is -2.46. The van der Waals surface area contributed by atoms with E-state index in [0.717, 1.165) is 44.2 Å². The Morgan fingerprint density at radius 3 is 2.35 bits per heavy atom. The molecule has 0 N–H and O–H groups in total. The van der Waals surface area contributed by atoms with Crippen LogP contribution in [-0.4, -0.2) is 31.9 Å². The van der Waals surface area contributed by atoms with Crippen LogP contribution in [0.3, 0.4) is 0 Å². The van der Waals surface area contributed by atoms with Gasteiger partial charge in [0.05, 0.1) is 17.8 Å². The minimum Gasteiger partial charge on any atom is -0.410 e. The SMILES string of the molecule is CC[Si]1(CC)OC2(CC(=O)CC1C)C[C@H]1CC[C@@H](C2)O1. The zero-order valence-corrected chi connectivity index (χ0v) is 14.1. The molecule has 20 heavy (non-hydrogen) atoms. The molecule has 3 fully saturated rings. The molecule has 0 amide bonds. The molecule has 3 aliphatic rings. The minimum atomic E-state index is -1.79. The third kappa shape index (κ3) is 2.40. The predicted octanol–water partition coefficient (Wildman–Crippen LogP) is 3.82. The zero-order chi connectivity index (χ0) is 14.4. The molecule has 2 bridgehead atoms. The van der Waals surface area contributed by atoms with Crippen LogP contribution in [0.15, 0.2) is 0 Å². The lowest BCUT2D eigenvalue weighted by molar-refractivity contribution is -0.131. The molecule has 0 aromatic rings. The summed E-state index contributed by atoms with van der Waals surface area (Å²) in [6, 6.07) is 2.27. The maximum Gasteiger partial charge on any atom is 0.196 e. The highest BCUT2D eigenvalue weighted by Crippen LogP contribution is 2.49. The number of carbonyl (C=O) groups is 1. The number of fused-ring (bicyclic) bond motifs is 2. The second-order valence-corrected chi connectivity index (χ2v) is 12.0. The van der Waals surface area contributed by atoms with Crippen molar-refractivity contribution in [2.75, 3.05) is 0 Å². The third-order valence-corrected chi connectivity index (χ3v) is 11.2. The molecule has 0 aromatic carbocycles. The molecule has 0 saturated carbocycles. The van der Waals surface area contributed by atoms with Crippen LogP contribution in [0.2, 0.25) is 17.6 Å². The van der Waals surface area contributed by atoms with E-state index in [2.05, 4.69) is 20.8 Å². The highest BCUT2D eigenvalue weighted by atomic mass is 28.4. The Kier molecular flexibility index (Phi) is 3.84. The molecule has 2 unspecified atom stereocenters. The highest BCUT2D eigenvalue weighted by molar-refractivity contribution is 6.75. The third-order valence-electron chi connectivity index (χ3n) is 5.96. The van der Waals surface area contributed by atoms with E-state index >= 15 is 0 Å². The van der Waals surface area contributed by atoms with Crippen LogP contribution in [0, 0.1) is 0 Å². The molecule has 4 heteroatoms. The fourth-order valence-corrected chi connectivity index (χ4v) is 8.92. The van der Waals surface area contributed by atoms with Gasteiger partial charge < -0.3 is 9.16 Å². The van der Waals surface area contributed by atoms with Crippen molar-refractivity contribution in [3.05, 3.63) is 0 Å². The van der Waals surface area contributed by atoms with Crippen molar-refractivity contribution in [2.24, 2.45) is 0 Å². The molecule has 3 saturated heterocycles. The molecule has 3 rings (SSSR count). The molecule has 0 aliphatic carbocycles. The molecule has 3 nitrogen and oxygen atoms in total. The van der Waals surface area contributed by atoms with E-state index in [9.17, 15) is 4.79 Å². The van der Waals surface area contributed by atoms with E-state index in [1.165, 1.54) is 0 Å². The Morgan fingerprint density at radius 1 is 1.20 bits per heavy atom. The fraction of sp³-hybridized carbons (Fsp3) is 0.938. The second-order valence-electron chi connectivity index (χ2n) is 7.24. The van der Waals surface area contributed by atoms with Crippen molar-refractivity contribution in [3.63, 3.8) is 0 Å². The molecule has 3 heterocycles. The summed E-state index contributed by atoms with van der Waals surface area (Å²) in [5.74, 6) is 0.426. The van der Waals surface area contributed by atoms with E-state index in [1.807, 2.05) is 0 Å². The van der Waals surface area contributed by atoms with Gasteiger partial charge in [0.1, 0.15) is 5.78 Å². The molecule has 4 atom stereocenters. The average Bonchev–Trinajstić information content (AvgIpc) is 2.70. The van der Waals surface area contributed by atoms with Crippen molar-refractivity contribution >= 4 is 14.1 Å². The number of hydrogen-bond donors (Lipinski definition) is 0. The van der Waals surface area contributed by atoms with E-state index < -0.39 is 8.32 Å². The predicted molar refractivity (Wildman–Crippen MR) is 81.3 cm³/mol. The maximum atomic E-state index is 12.4. The first-order valence-electron chi connectivity index (χ1n) is 8.38. The molecular formula is C16H28O3Si. The van der Waals surface area contributed by atoms with E-state index in [4.69, 9.17) is 9.16 Å². The summed E-state index contributed by atoms with van der Waals surface area (Å²) in [6.45, 7) is 6.79. The molecular weight excluding hydrogens is 268 g/mol. The number of hydrogen-bond acceptors (Lipinski definition) is 3. The Morgan fingerprint density at radius 2 is 1.80 bits per heavy atom.